The zero-order valence-corrected chi connectivity index (χ0v) is 13.1. The molecule has 0 saturated heterocycles. The molecule has 0 atom stereocenters. The van der Waals surface area contributed by atoms with E-state index in [4.69, 9.17) is 9.47 Å². The first-order valence-corrected chi connectivity index (χ1v) is 6.95. The average Bonchev–Trinajstić information content (AvgIpc) is 2.41. The molecule has 1 rings (SSSR count). The van der Waals surface area contributed by atoms with Gasteiger partial charge in [0.2, 0.25) is 0 Å². The molecule has 0 aliphatic rings. The molecular formula is C16H23NO4. The van der Waals surface area contributed by atoms with Crippen LogP contribution in [0.3, 0.4) is 0 Å². The van der Waals surface area contributed by atoms with Gasteiger partial charge in [0.1, 0.15) is 12.2 Å². The van der Waals surface area contributed by atoms with Gasteiger partial charge in [-0.05, 0) is 26.8 Å². The van der Waals surface area contributed by atoms with E-state index in [1.54, 1.807) is 20.8 Å². The third-order valence-corrected chi connectivity index (χ3v) is 2.63. The summed E-state index contributed by atoms with van der Waals surface area (Å²) in [6.45, 7) is 5.55. The van der Waals surface area contributed by atoms with E-state index in [2.05, 4.69) is 5.32 Å². The summed E-state index contributed by atoms with van der Waals surface area (Å²) in [5.41, 5.74) is 1.27. The maximum absolute atomic E-state index is 11.6. The molecular weight excluding hydrogens is 270 g/mol. The van der Waals surface area contributed by atoms with Crippen LogP contribution < -0.4 is 5.32 Å². The Bertz CT molecular complexity index is 491. The summed E-state index contributed by atoms with van der Waals surface area (Å²) < 4.78 is 10.3. The maximum atomic E-state index is 11.6. The SMILES string of the molecule is CNc1ccccc1COC(=O)CCC(=O)OC(C)(C)C. The number of ether oxygens (including phenoxy) is 2. The minimum Gasteiger partial charge on any atom is -0.461 e. The van der Waals surface area contributed by atoms with Crippen LogP contribution in [0.4, 0.5) is 5.69 Å². The number of benzene rings is 1. The minimum absolute atomic E-state index is 0.0244. The number of esters is 2. The van der Waals surface area contributed by atoms with Crippen molar-refractivity contribution in [1.29, 1.82) is 0 Å². The number of anilines is 1. The highest BCUT2D eigenvalue weighted by atomic mass is 16.6. The fraction of sp³-hybridized carbons (Fsp3) is 0.500. The van der Waals surface area contributed by atoms with E-state index in [9.17, 15) is 9.59 Å². The van der Waals surface area contributed by atoms with Crippen molar-refractivity contribution >= 4 is 17.6 Å². The Balaban J connectivity index is 2.36. The van der Waals surface area contributed by atoms with Crippen molar-refractivity contribution < 1.29 is 19.1 Å². The highest BCUT2D eigenvalue weighted by molar-refractivity contribution is 5.77. The van der Waals surface area contributed by atoms with Gasteiger partial charge in [0.15, 0.2) is 0 Å². The van der Waals surface area contributed by atoms with Gasteiger partial charge in [0.25, 0.3) is 0 Å². The van der Waals surface area contributed by atoms with Crippen LogP contribution in [0.25, 0.3) is 0 Å². The van der Waals surface area contributed by atoms with Crippen LogP contribution >= 0.6 is 0 Å². The van der Waals surface area contributed by atoms with Gasteiger partial charge >= 0.3 is 11.9 Å². The highest BCUT2D eigenvalue weighted by Gasteiger charge is 2.17. The van der Waals surface area contributed by atoms with Gasteiger partial charge in [-0.2, -0.15) is 0 Å². The number of carbonyl (C=O) groups excluding carboxylic acids is 2. The smallest absolute Gasteiger partial charge is 0.306 e. The van der Waals surface area contributed by atoms with Crippen LogP contribution in [-0.4, -0.2) is 24.6 Å². The molecule has 0 bridgehead atoms. The predicted molar refractivity (Wildman–Crippen MR) is 80.9 cm³/mol. The lowest BCUT2D eigenvalue weighted by Crippen LogP contribution is -2.24. The lowest BCUT2D eigenvalue weighted by molar-refractivity contribution is -0.158. The van der Waals surface area contributed by atoms with Gasteiger partial charge in [-0.1, -0.05) is 18.2 Å². The molecule has 5 heteroatoms. The summed E-state index contributed by atoms with van der Waals surface area (Å²) in [6.07, 6.45) is 0.0560. The van der Waals surface area contributed by atoms with Crippen molar-refractivity contribution in [3.63, 3.8) is 0 Å². The lowest BCUT2D eigenvalue weighted by Gasteiger charge is -2.19. The first-order chi connectivity index (χ1) is 9.81. The van der Waals surface area contributed by atoms with E-state index >= 15 is 0 Å². The molecule has 0 amide bonds. The quantitative estimate of drug-likeness (QED) is 0.817. The topological polar surface area (TPSA) is 64.6 Å². The van der Waals surface area contributed by atoms with E-state index in [1.165, 1.54) is 0 Å². The molecule has 116 valence electrons. The van der Waals surface area contributed by atoms with Crippen molar-refractivity contribution in [3.8, 4) is 0 Å². The monoisotopic (exact) mass is 293 g/mol. The molecule has 0 fully saturated rings. The molecule has 1 aromatic carbocycles. The fourth-order valence-corrected chi connectivity index (χ4v) is 1.72. The molecule has 0 radical (unpaired) electrons. The summed E-state index contributed by atoms with van der Waals surface area (Å²) in [6, 6.07) is 7.57. The zero-order chi connectivity index (χ0) is 15.9. The first kappa shape index (κ1) is 17.0. The van der Waals surface area contributed by atoms with Gasteiger partial charge in [-0.3, -0.25) is 9.59 Å². The second-order valence-electron chi connectivity index (χ2n) is 5.65. The summed E-state index contributed by atoms with van der Waals surface area (Å²) >= 11 is 0. The molecule has 0 saturated carbocycles. The highest BCUT2D eigenvalue weighted by Crippen LogP contribution is 2.15. The summed E-state index contributed by atoms with van der Waals surface area (Å²) in [5, 5.41) is 3.03. The standard InChI is InChI=1S/C16H23NO4/c1-16(2,3)21-15(19)10-9-14(18)20-11-12-7-5-6-8-13(12)17-4/h5-8,17H,9-11H2,1-4H3. The van der Waals surface area contributed by atoms with Gasteiger partial charge < -0.3 is 14.8 Å². The average molecular weight is 293 g/mol. The molecule has 0 spiro atoms. The Hall–Kier alpha value is -2.04. The number of para-hydroxylation sites is 1. The van der Waals surface area contributed by atoms with Gasteiger partial charge in [-0.25, -0.2) is 0 Å². The second-order valence-corrected chi connectivity index (χ2v) is 5.65. The molecule has 1 aromatic rings. The predicted octanol–water partition coefficient (Wildman–Crippen LogP) is 2.89. The largest absolute Gasteiger partial charge is 0.461 e. The van der Waals surface area contributed by atoms with Crippen LogP contribution in [0.2, 0.25) is 0 Å². The van der Waals surface area contributed by atoms with Crippen LogP contribution in [0.1, 0.15) is 39.2 Å². The van der Waals surface area contributed by atoms with Crippen LogP contribution in [0, 0.1) is 0 Å². The van der Waals surface area contributed by atoms with E-state index < -0.39 is 17.5 Å². The molecule has 0 heterocycles. The van der Waals surface area contributed by atoms with E-state index in [0.717, 1.165) is 11.3 Å². The Morgan fingerprint density at radius 3 is 2.33 bits per heavy atom. The van der Waals surface area contributed by atoms with Crippen molar-refractivity contribution in [2.75, 3.05) is 12.4 Å². The number of nitrogens with one attached hydrogen (secondary N) is 1. The minimum atomic E-state index is -0.535. The fourth-order valence-electron chi connectivity index (χ4n) is 1.72. The number of hydrogen-bond acceptors (Lipinski definition) is 5. The number of carbonyl (C=O) groups is 2. The van der Waals surface area contributed by atoms with Crippen molar-refractivity contribution in [1.82, 2.24) is 0 Å². The van der Waals surface area contributed by atoms with Gasteiger partial charge in [0, 0.05) is 18.3 Å². The molecule has 1 N–H and O–H groups in total. The Labute approximate surface area is 125 Å². The van der Waals surface area contributed by atoms with Crippen molar-refractivity contribution in [2.24, 2.45) is 0 Å². The third kappa shape index (κ3) is 6.79. The second kappa shape index (κ2) is 7.67. The van der Waals surface area contributed by atoms with Crippen LogP contribution in [0.5, 0.6) is 0 Å². The summed E-state index contributed by atoms with van der Waals surface area (Å²) in [7, 11) is 1.81. The molecule has 0 unspecified atom stereocenters. The van der Waals surface area contributed by atoms with Gasteiger partial charge in [0.05, 0.1) is 12.8 Å². The Kier molecular flexibility index (Phi) is 6.21. The first-order valence-electron chi connectivity index (χ1n) is 6.95. The summed E-state index contributed by atoms with van der Waals surface area (Å²) in [4.78, 5) is 23.1. The molecule has 5 nitrogen and oxygen atoms in total. The molecule has 0 aliphatic heterocycles. The Morgan fingerprint density at radius 1 is 1.10 bits per heavy atom. The van der Waals surface area contributed by atoms with Crippen LogP contribution in [0.15, 0.2) is 24.3 Å². The van der Waals surface area contributed by atoms with Crippen molar-refractivity contribution in [2.45, 2.75) is 45.8 Å². The van der Waals surface area contributed by atoms with E-state index in [-0.39, 0.29) is 19.4 Å². The summed E-state index contributed by atoms with van der Waals surface area (Å²) in [5.74, 6) is -0.804. The van der Waals surface area contributed by atoms with Crippen molar-refractivity contribution in [3.05, 3.63) is 29.8 Å². The number of hydrogen-bond donors (Lipinski definition) is 1. The number of rotatable bonds is 6. The van der Waals surface area contributed by atoms with Gasteiger partial charge in [-0.15, -0.1) is 0 Å². The van der Waals surface area contributed by atoms with Crippen LogP contribution in [-0.2, 0) is 25.7 Å². The zero-order valence-electron chi connectivity index (χ0n) is 13.1. The molecule has 0 aromatic heterocycles. The Morgan fingerprint density at radius 2 is 1.71 bits per heavy atom. The molecule has 0 aliphatic carbocycles. The lowest BCUT2D eigenvalue weighted by atomic mass is 10.2. The molecule has 21 heavy (non-hydrogen) atoms. The maximum Gasteiger partial charge on any atom is 0.306 e. The van der Waals surface area contributed by atoms with E-state index in [0.29, 0.717) is 0 Å². The third-order valence-electron chi connectivity index (χ3n) is 2.63. The van der Waals surface area contributed by atoms with E-state index in [1.807, 2.05) is 31.3 Å². The normalized spacial score (nSPS) is 10.9.